The van der Waals surface area contributed by atoms with E-state index in [-0.39, 0.29) is 30.4 Å². The van der Waals surface area contributed by atoms with Gasteiger partial charge < -0.3 is 39.4 Å². The van der Waals surface area contributed by atoms with Crippen molar-refractivity contribution in [2.45, 2.75) is 69.8 Å². The van der Waals surface area contributed by atoms with Gasteiger partial charge in [-0.2, -0.15) is 0 Å². The van der Waals surface area contributed by atoms with Crippen LogP contribution in [0.1, 0.15) is 55.3 Å². The number of rotatable bonds is 6. The van der Waals surface area contributed by atoms with Crippen molar-refractivity contribution in [1.82, 2.24) is 19.4 Å². The van der Waals surface area contributed by atoms with Gasteiger partial charge in [-0.25, -0.2) is 0 Å². The molecule has 0 spiro atoms. The third kappa shape index (κ3) is 3.38. The van der Waals surface area contributed by atoms with E-state index in [9.17, 15) is 14.4 Å². The number of ketones is 1. The predicted molar refractivity (Wildman–Crippen MR) is 167 cm³/mol. The third-order valence-corrected chi connectivity index (χ3v) is 10.2. The van der Waals surface area contributed by atoms with Crippen LogP contribution in [0.15, 0.2) is 48.5 Å². The normalized spacial score (nSPS) is 24.7. The fraction of sp³-hybridized carbons (Fsp3) is 0.382. The molecule has 5 atom stereocenters. The highest BCUT2D eigenvalue weighted by Crippen LogP contribution is 2.54. The molecule has 3 aromatic carbocycles. The van der Waals surface area contributed by atoms with Gasteiger partial charge in [0.05, 0.1) is 39.7 Å². The molecule has 5 heterocycles. The highest BCUT2D eigenvalue weighted by Gasteiger charge is 2.55. The third-order valence-electron chi connectivity index (χ3n) is 10.2. The monoisotopic (exact) mass is 593 g/mol. The van der Waals surface area contributed by atoms with Crippen LogP contribution in [0.3, 0.4) is 0 Å². The first-order valence-corrected chi connectivity index (χ1v) is 15.2. The van der Waals surface area contributed by atoms with Crippen molar-refractivity contribution in [2.75, 3.05) is 14.2 Å². The number of para-hydroxylation sites is 2. The van der Waals surface area contributed by atoms with Gasteiger partial charge >= 0.3 is 0 Å². The molecule has 0 radical (unpaired) electrons. The molecule has 10 heteroatoms. The van der Waals surface area contributed by atoms with Crippen LogP contribution in [0, 0.1) is 0 Å². The highest BCUT2D eigenvalue weighted by molar-refractivity contribution is 6.31. The Morgan fingerprint density at radius 2 is 1.80 bits per heavy atom. The van der Waals surface area contributed by atoms with Crippen molar-refractivity contribution in [3.63, 3.8) is 0 Å². The molecule has 2 bridgehead atoms. The molecule has 0 saturated carbocycles. The van der Waals surface area contributed by atoms with E-state index in [0.717, 1.165) is 54.7 Å². The van der Waals surface area contributed by atoms with E-state index in [0.29, 0.717) is 13.0 Å². The first-order valence-electron chi connectivity index (χ1n) is 15.2. The van der Waals surface area contributed by atoms with E-state index in [1.54, 1.807) is 19.1 Å². The molecule has 3 aliphatic heterocycles. The Morgan fingerprint density at radius 1 is 1.11 bits per heavy atom. The summed E-state index contributed by atoms with van der Waals surface area (Å²) in [6, 6.07) is 15.2. The smallest absolute Gasteiger partial charge is 0.252 e. The molecule has 3 N–H and O–H groups in total. The Hall–Kier alpha value is -4.25. The maximum atomic E-state index is 13.8. The molecule has 1 fully saturated rings. The van der Waals surface area contributed by atoms with Crippen molar-refractivity contribution in [3.05, 3.63) is 59.7 Å². The number of ether oxygens (including phenoxy) is 2. The van der Waals surface area contributed by atoms with Gasteiger partial charge in [0.2, 0.25) is 5.91 Å². The summed E-state index contributed by atoms with van der Waals surface area (Å²) in [6.07, 6.45) is -0.0730. The zero-order valence-corrected chi connectivity index (χ0v) is 25.2. The number of methoxy groups -OCH3 is 1. The summed E-state index contributed by atoms with van der Waals surface area (Å²) < 4.78 is 18.0. The molecule has 1 saturated heterocycles. The van der Waals surface area contributed by atoms with Crippen molar-refractivity contribution >= 4 is 61.2 Å². The molecule has 2 aromatic heterocycles. The minimum Gasteiger partial charge on any atom is -0.374 e. The summed E-state index contributed by atoms with van der Waals surface area (Å²) in [5.41, 5.74) is 10.9. The number of likely N-dealkylation sites (N-methyl/N-ethyl adjacent to an activating group) is 1. The van der Waals surface area contributed by atoms with Gasteiger partial charge in [0.1, 0.15) is 18.1 Å². The largest absolute Gasteiger partial charge is 0.374 e. The maximum absolute atomic E-state index is 13.8. The minimum atomic E-state index is -1.04. The average Bonchev–Trinajstić information content (AvgIpc) is 3.66. The molecule has 8 rings (SSSR count). The number of hydrogen-bond acceptors (Lipinski definition) is 6. The van der Waals surface area contributed by atoms with E-state index in [4.69, 9.17) is 15.2 Å². The van der Waals surface area contributed by atoms with Gasteiger partial charge in [0.15, 0.2) is 5.72 Å². The van der Waals surface area contributed by atoms with E-state index in [1.807, 2.05) is 31.2 Å². The van der Waals surface area contributed by atoms with Crippen LogP contribution in [-0.4, -0.2) is 64.0 Å². The van der Waals surface area contributed by atoms with Gasteiger partial charge in [-0.05, 0) is 38.0 Å². The molecule has 226 valence electrons. The SMILES string of the molecule is COC1C(N(C)C(=O)C(N)CCC(C)=O)CC2OC1(C)n1c3ccccc3c3c4c(c5c6ccccc6n2c5c31)C(=O)NC4. The van der Waals surface area contributed by atoms with Crippen LogP contribution in [0.2, 0.25) is 0 Å². The lowest BCUT2D eigenvalue weighted by Gasteiger charge is -2.50. The van der Waals surface area contributed by atoms with Gasteiger partial charge in [0.25, 0.3) is 5.91 Å². The number of nitrogens with zero attached hydrogens (tertiary/aromatic N) is 3. The zero-order valence-electron chi connectivity index (χ0n) is 25.2. The second-order valence-corrected chi connectivity index (χ2v) is 12.6. The molecule has 3 aliphatic rings. The topological polar surface area (TPSA) is 121 Å². The van der Waals surface area contributed by atoms with Crippen LogP contribution in [-0.2, 0) is 31.3 Å². The standard InChI is InChI=1S/C34H35N5O5/c1-17(40)13-14-21(35)33(42)37(3)24-15-25-38-22-11-7-5-9-18(22)27-28-20(16-36-32(28)41)26-19-10-6-8-12-23(19)39(30(26)29(27)38)34(2,44-25)31(24)43-4/h5-12,21,24-25,31H,13-16,35H2,1-4H3,(H,36,41). The second-order valence-electron chi connectivity index (χ2n) is 12.6. The Morgan fingerprint density at radius 3 is 2.50 bits per heavy atom. The number of aromatic nitrogens is 2. The Balaban J connectivity index is 1.45. The molecular formula is C34H35N5O5. The first-order chi connectivity index (χ1) is 21.2. The van der Waals surface area contributed by atoms with Crippen LogP contribution in [0.4, 0.5) is 0 Å². The van der Waals surface area contributed by atoms with Crippen LogP contribution < -0.4 is 11.1 Å². The summed E-state index contributed by atoms with van der Waals surface area (Å²) >= 11 is 0. The lowest BCUT2D eigenvalue weighted by molar-refractivity contribution is -0.266. The molecule has 44 heavy (non-hydrogen) atoms. The van der Waals surface area contributed by atoms with Crippen molar-refractivity contribution < 1.29 is 23.9 Å². The van der Waals surface area contributed by atoms with Gasteiger partial charge in [0, 0.05) is 55.1 Å². The minimum absolute atomic E-state index is 0.000572. The molecule has 2 amide bonds. The van der Waals surface area contributed by atoms with Crippen LogP contribution in [0.5, 0.6) is 0 Å². The number of carbonyl (C=O) groups is 3. The number of nitrogens with one attached hydrogen (secondary N) is 1. The predicted octanol–water partition coefficient (Wildman–Crippen LogP) is 4.29. The summed E-state index contributed by atoms with van der Waals surface area (Å²) in [5, 5.41) is 7.08. The quantitative estimate of drug-likeness (QED) is 0.303. The summed E-state index contributed by atoms with van der Waals surface area (Å²) in [4.78, 5) is 40.6. The summed E-state index contributed by atoms with van der Waals surface area (Å²) in [5.74, 6) is -0.308. The second kappa shape index (κ2) is 9.37. The number of benzene rings is 3. The number of hydrogen-bond donors (Lipinski definition) is 2. The van der Waals surface area contributed by atoms with E-state index < -0.39 is 30.1 Å². The van der Waals surface area contributed by atoms with Crippen molar-refractivity contribution in [2.24, 2.45) is 5.73 Å². The van der Waals surface area contributed by atoms with E-state index in [2.05, 4.69) is 38.7 Å². The Bertz CT molecular complexity index is 2080. The van der Waals surface area contributed by atoms with Gasteiger partial charge in [-0.1, -0.05) is 36.4 Å². The number of amides is 2. The Kier molecular flexibility index (Phi) is 5.82. The zero-order chi connectivity index (χ0) is 30.7. The molecule has 5 aromatic rings. The molecule has 5 unspecified atom stereocenters. The average molecular weight is 594 g/mol. The fourth-order valence-corrected chi connectivity index (χ4v) is 8.30. The van der Waals surface area contributed by atoms with Gasteiger partial charge in [-0.15, -0.1) is 0 Å². The molecule has 0 aliphatic carbocycles. The van der Waals surface area contributed by atoms with E-state index in [1.165, 1.54) is 6.92 Å². The number of Topliss-reactive ketones (excluding diaryl/α,β-unsaturated/α-hetero) is 1. The maximum Gasteiger partial charge on any atom is 0.252 e. The fourth-order valence-electron chi connectivity index (χ4n) is 8.30. The number of nitrogens with two attached hydrogens (primary N) is 1. The first kappa shape index (κ1) is 27.3. The van der Waals surface area contributed by atoms with Crippen molar-refractivity contribution in [3.8, 4) is 0 Å². The van der Waals surface area contributed by atoms with Crippen LogP contribution >= 0.6 is 0 Å². The summed E-state index contributed by atoms with van der Waals surface area (Å²) in [7, 11) is 3.43. The molecule has 10 nitrogen and oxygen atoms in total. The van der Waals surface area contributed by atoms with Gasteiger partial charge in [-0.3, -0.25) is 9.59 Å². The Labute approximate surface area is 253 Å². The lowest BCUT2D eigenvalue weighted by Crippen LogP contribution is -2.62. The van der Waals surface area contributed by atoms with E-state index >= 15 is 0 Å². The highest BCUT2D eigenvalue weighted by atomic mass is 16.6. The van der Waals surface area contributed by atoms with Crippen molar-refractivity contribution in [1.29, 1.82) is 0 Å². The number of carbonyl (C=O) groups excluding carboxylic acids is 3. The lowest BCUT2D eigenvalue weighted by atomic mass is 9.91. The number of fused-ring (bicyclic) bond motifs is 13. The molecular weight excluding hydrogens is 558 g/mol. The van der Waals surface area contributed by atoms with Crippen LogP contribution in [0.25, 0.3) is 43.6 Å². The summed E-state index contributed by atoms with van der Waals surface area (Å²) in [6.45, 7) is 3.99.